The summed E-state index contributed by atoms with van der Waals surface area (Å²) in [6.45, 7) is 2.28. The minimum atomic E-state index is -1.09. The Labute approximate surface area is 189 Å². The van der Waals surface area contributed by atoms with Crippen LogP contribution in [-0.2, 0) is 4.79 Å². The highest BCUT2D eigenvalue weighted by molar-refractivity contribution is 6.18. The van der Waals surface area contributed by atoms with Crippen molar-refractivity contribution in [3.8, 4) is 0 Å². The van der Waals surface area contributed by atoms with E-state index in [2.05, 4.69) is 15.6 Å². The molecule has 2 amide bonds. The highest BCUT2D eigenvalue weighted by atomic mass is 19.1. The number of carbonyl (C=O) groups is 2. The lowest BCUT2D eigenvalue weighted by atomic mass is 9.92. The Morgan fingerprint density at radius 2 is 1.97 bits per heavy atom. The molecule has 3 atom stereocenters. The molecule has 0 bridgehead atoms. The number of aliphatic imine (C=N–C) groups is 1. The van der Waals surface area contributed by atoms with Gasteiger partial charge in [0.2, 0.25) is 5.91 Å². The highest BCUT2D eigenvalue weighted by Gasteiger charge is 2.43. The third kappa shape index (κ3) is 4.09. The van der Waals surface area contributed by atoms with E-state index in [1.165, 1.54) is 11.1 Å². The van der Waals surface area contributed by atoms with Crippen LogP contribution < -0.4 is 10.6 Å². The average Bonchev–Trinajstić information content (AvgIpc) is 3.42. The van der Waals surface area contributed by atoms with E-state index < -0.39 is 18.2 Å². The van der Waals surface area contributed by atoms with E-state index in [1.54, 1.807) is 18.3 Å². The Morgan fingerprint density at radius 1 is 1.21 bits per heavy atom. The van der Waals surface area contributed by atoms with Crippen molar-refractivity contribution in [1.29, 1.82) is 0 Å². The lowest BCUT2D eigenvalue weighted by Crippen LogP contribution is -2.33. The standard InChI is InChI=1S/C24H22FN5O3/c1-13-11-30(24(32)33)12-18-20(13)22(27-15-5-3-2-4-6-15)21(28-18)14-7-8-26-19(9-14)29-23(31)16-10-17(16)25/h2-9,12-13,16-17,27H,10-11H2,1H3,(H,32,33)(H,26,29,31)/t13?,16-,17+/m0/s1. The molecule has 0 spiro atoms. The van der Waals surface area contributed by atoms with E-state index in [-0.39, 0.29) is 18.2 Å². The maximum Gasteiger partial charge on any atom is 0.411 e. The number of carbonyl (C=O) groups excluding carboxylic acids is 1. The van der Waals surface area contributed by atoms with E-state index in [4.69, 9.17) is 4.99 Å². The summed E-state index contributed by atoms with van der Waals surface area (Å²) in [5, 5.41) is 15.6. The summed E-state index contributed by atoms with van der Waals surface area (Å²) in [5.74, 6) is -0.783. The Hall–Kier alpha value is -4.01. The van der Waals surface area contributed by atoms with Crippen LogP contribution in [0.15, 0.2) is 76.8 Å². The van der Waals surface area contributed by atoms with E-state index in [0.717, 1.165) is 17.0 Å². The predicted molar refractivity (Wildman–Crippen MR) is 121 cm³/mol. The van der Waals surface area contributed by atoms with E-state index in [0.29, 0.717) is 29.3 Å². The number of carboxylic acid groups (broad SMARTS) is 1. The van der Waals surface area contributed by atoms with Gasteiger partial charge < -0.3 is 15.7 Å². The van der Waals surface area contributed by atoms with Gasteiger partial charge in [0.1, 0.15) is 12.0 Å². The maximum absolute atomic E-state index is 13.2. The number of pyridine rings is 1. The second-order valence-electron chi connectivity index (χ2n) is 8.37. The maximum atomic E-state index is 13.2. The fourth-order valence-corrected chi connectivity index (χ4v) is 4.11. The van der Waals surface area contributed by atoms with Crippen molar-refractivity contribution in [1.82, 2.24) is 9.88 Å². The summed E-state index contributed by atoms with van der Waals surface area (Å²) in [6.07, 6.45) is 1.21. The fraction of sp³-hybridized carbons (Fsp3) is 0.250. The molecule has 8 nitrogen and oxygen atoms in total. The van der Waals surface area contributed by atoms with Crippen molar-refractivity contribution in [2.24, 2.45) is 16.8 Å². The van der Waals surface area contributed by atoms with Gasteiger partial charge in [-0.25, -0.2) is 19.2 Å². The predicted octanol–water partition coefficient (Wildman–Crippen LogP) is 4.02. The van der Waals surface area contributed by atoms with Crippen LogP contribution in [-0.4, -0.2) is 45.4 Å². The minimum absolute atomic E-state index is 0.0917. The van der Waals surface area contributed by atoms with Gasteiger partial charge in [0, 0.05) is 41.7 Å². The molecule has 9 heteroatoms. The number of fused-ring (bicyclic) bond motifs is 1. The molecular weight excluding hydrogens is 425 g/mol. The van der Waals surface area contributed by atoms with Crippen molar-refractivity contribution < 1.29 is 19.1 Å². The van der Waals surface area contributed by atoms with Gasteiger partial charge >= 0.3 is 6.09 Å². The molecule has 1 saturated carbocycles. The number of hydrogen-bond donors (Lipinski definition) is 3. The first-order chi connectivity index (χ1) is 15.9. The number of aromatic nitrogens is 1. The van der Waals surface area contributed by atoms with Gasteiger partial charge in [-0.15, -0.1) is 0 Å². The largest absolute Gasteiger partial charge is 0.465 e. The molecule has 5 rings (SSSR count). The zero-order chi connectivity index (χ0) is 23.1. The zero-order valence-corrected chi connectivity index (χ0v) is 17.8. The summed E-state index contributed by atoms with van der Waals surface area (Å²) in [4.78, 5) is 33.9. The van der Waals surface area contributed by atoms with Crippen LogP contribution in [0.5, 0.6) is 0 Å². The lowest BCUT2D eigenvalue weighted by molar-refractivity contribution is -0.117. The van der Waals surface area contributed by atoms with Crippen LogP contribution in [0.4, 0.5) is 20.7 Å². The van der Waals surface area contributed by atoms with Crippen LogP contribution in [0.1, 0.15) is 18.9 Å². The van der Waals surface area contributed by atoms with Gasteiger partial charge in [0.25, 0.3) is 0 Å². The fourth-order valence-electron chi connectivity index (χ4n) is 4.11. The molecule has 1 unspecified atom stereocenters. The SMILES string of the molecule is CC1CN(C(=O)O)C=C2N=C(c3ccnc(NC(=O)[C@H]4C[C@H]4F)c3)C(Nc3ccccc3)=C21. The normalized spacial score (nSPS) is 23.5. The number of benzene rings is 1. The number of rotatable bonds is 5. The molecule has 3 N–H and O–H groups in total. The Balaban J connectivity index is 1.53. The summed E-state index contributed by atoms with van der Waals surface area (Å²) < 4.78 is 13.2. The molecule has 2 aliphatic heterocycles. The van der Waals surface area contributed by atoms with Crippen LogP contribution >= 0.6 is 0 Å². The lowest BCUT2D eigenvalue weighted by Gasteiger charge is -2.27. The Bertz CT molecular complexity index is 1220. The van der Waals surface area contributed by atoms with Gasteiger partial charge in [-0.05, 0) is 30.7 Å². The third-order valence-electron chi connectivity index (χ3n) is 5.88. The monoisotopic (exact) mass is 447 g/mol. The number of para-hydroxylation sites is 1. The van der Waals surface area contributed by atoms with Crippen molar-refractivity contribution >= 4 is 29.2 Å². The van der Waals surface area contributed by atoms with Crippen molar-refractivity contribution in [3.05, 3.63) is 77.4 Å². The summed E-state index contributed by atoms with van der Waals surface area (Å²) in [5.41, 5.74) is 4.46. The zero-order valence-electron chi connectivity index (χ0n) is 17.8. The van der Waals surface area contributed by atoms with Gasteiger partial charge in [-0.1, -0.05) is 25.1 Å². The van der Waals surface area contributed by atoms with Crippen LogP contribution in [0, 0.1) is 11.8 Å². The van der Waals surface area contributed by atoms with Gasteiger partial charge in [0.05, 0.1) is 23.0 Å². The van der Waals surface area contributed by atoms with E-state index in [1.807, 2.05) is 37.3 Å². The summed E-state index contributed by atoms with van der Waals surface area (Å²) >= 11 is 0. The first-order valence-electron chi connectivity index (χ1n) is 10.7. The molecule has 1 aromatic carbocycles. The molecule has 1 aromatic heterocycles. The van der Waals surface area contributed by atoms with Gasteiger partial charge in [-0.2, -0.15) is 0 Å². The molecule has 2 aromatic rings. The van der Waals surface area contributed by atoms with Gasteiger partial charge in [-0.3, -0.25) is 9.69 Å². The molecular formula is C24H22FN5O3. The van der Waals surface area contributed by atoms with Gasteiger partial charge in [0.15, 0.2) is 0 Å². The second kappa shape index (κ2) is 8.16. The smallest absolute Gasteiger partial charge is 0.411 e. The third-order valence-corrected chi connectivity index (χ3v) is 5.88. The molecule has 3 heterocycles. The topological polar surface area (TPSA) is 107 Å². The highest BCUT2D eigenvalue weighted by Crippen LogP contribution is 2.38. The van der Waals surface area contributed by atoms with Crippen LogP contribution in [0.3, 0.4) is 0 Å². The second-order valence-corrected chi connectivity index (χ2v) is 8.37. The summed E-state index contributed by atoms with van der Waals surface area (Å²) in [7, 11) is 0. The van der Waals surface area contributed by atoms with Crippen molar-refractivity contribution in [3.63, 3.8) is 0 Å². The molecule has 168 valence electrons. The molecule has 33 heavy (non-hydrogen) atoms. The number of alkyl halides is 1. The number of allylic oxidation sites excluding steroid dienone is 2. The van der Waals surface area contributed by atoms with Crippen LogP contribution in [0.2, 0.25) is 0 Å². The van der Waals surface area contributed by atoms with Crippen molar-refractivity contribution in [2.75, 3.05) is 17.2 Å². The number of hydrogen-bond acceptors (Lipinski definition) is 5. The number of nitrogens with one attached hydrogen (secondary N) is 2. The quantitative estimate of drug-likeness (QED) is 0.642. The number of anilines is 2. The Kier molecular flexibility index (Phi) is 5.16. The summed E-state index contributed by atoms with van der Waals surface area (Å²) in [6, 6.07) is 13.1. The van der Waals surface area contributed by atoms with E-state index >= 15 is 0 Å². The molecule has 3 aliphatic rings. The first kappa shape index (κ1) is 20.9. The van der Waals surface area contributed by atoms with Crippen LogP contribution in [0.25, 0.3) is 0 Å². The Morgan fingerprint density at radius 3 is 2.67 bits per heavy atom. The average molecular weight is 447 g/mol. The molecule has 0 radical (unpaired) electrons. The molecule has 0 saturated heterocycles. The van der Waals surface area contributed by atoms with E-state index in [9.17, 15) is 19.1 Å². The number of amides is 2. The molecule has 1 aliphatic carbocycles. The van der Waals surface area contributed by atoms with Crippen molar-refractivity contribution in [2.45, 2.75) is 19.5 Å². The number of halogens is 1. The first-order valence-corrected chi connectivity index (χ1v) is 10.7. The molecule has 1 fully saturated rings. The number of nitrogens with zero attached hydrogens (tertiary/aromatic N) is 3. The minimum Gasteiger partial charge on any atom is -0.465 e.